The minimum absolute atomic E-state index is 0.272. The van der Waals surface area contributed by atoms with Gasteiger partial charge in [-0.2, -0.15) is 5.26 Å². The third-order valence-corrected chi connectivity index (χ3v) is 2.78. The van der Waals surface area contributed by atoms with Crippen molar-refractivity contribution in [3.63, 3.8) is 0 Å². The Labute approximate surface area is 102 Å². The van der Waals surface area contributed by atoms with Crippen molar-refractivity contribution in [1.82, 2.24) is 0 Å². The fraction of sp³-hybridized carbons (Fsp3) is 0.429. The van der Waals surface area contributed by atoms with Gasteiger partial charge in [-0.05, 0) is 40.7 Å². The lowest BCUT2D eigenvalue weighted by Gasteiger charge is -2.16. The van der Waals surface area contributed by atoms with Gasteiger partial charge >= 0.3 is 0 Å². The van der Waals surface area contributed by atoms with E-state index in [1.807, 2.05) is 12.1 Å². The molecule has 0 radical (unpaired) electrons. The van der Waals surface area contributed by atoms with Gasteiger partial charge < -0.3 is 5.21 Å². The van der Waals surface area contributed by atoms with E-state index in [1.165, 1.54) is 6.21 Å². The highest BCUT2D eigenvalue weighted by Gasteiger charge is 2.15. The van der Waals surface area contributed by atoms with E-state index >= 15 is 0 Å². The molecule has 0 unspecified atom stereocenters. The summed E-state index contributed by atoms with van der Waals surface area (Å²) in [6.45, 7) is 8.22. The van der Waals surface area contributed by atoms with Gasteiger partial charge in [0.2, 0.25) is 0 Å². The standard InChI is InChI=1S/C14H18N2O/c1-9(2)12-5-11(8-16-17)6-13(10(3)4)14(12)7-15/h5-6,8-10,17H,1-4H3/b16-8+. The van der Waals surface area contributed by atoms with E-state index in [-0.39, 0.29) is 11.8 Å². The van der Waals surface area contributed by atoms with Crippen LogP contribution in [0.5, 0.6) is 0 Å². The van der Waals surface area contributed by atoms with Crippen molar-refractivity contribution in [2.24, 2.45) is 5.16 Å². The second kappa shape index (κ2) is 5.49. The lowest BCUT2D eigenvalue weighted by Crippen LogP contribution is -2.02. The molecule has 0 saturated carbocycles. The number of hydrogen-bond donors (Lipinski definition) is 1. The molecule has 0 atom stereocenters. The zero-order chi connectivity index (χ0) is 13.0. The Kier molecular flexibility index (Phi) is 4.28. The smallest absolute Gasteiger partial charge is 0.0997 e. The van der Waals surface area contributed by atoms with Gasteiger partial charge in [0.05, 0.1) is 17.8 Å². The predicted octanol–water partition coefficient (Wildman–Crippen LogP) is 3.61. The minimum Gasteiger partial charge on any atom is -0.411 e. The van der Waals surface area contributed by atoms with Gasteiger partial charge in [-0.1, -0.05) is 32.9 Å². The number of oxime groups is 1. The molecule has 0 bridgehead atoms. The Morgan fingerprint density at radius 1 is 1.18 bits per heavy atom. The number of benzene rings is 1. The summed E-state index contributed by atoms with van der Waals surface area (Å²) in [4.78, 5) is 0. The maximum atomic E-state index is 9.28. The summed E-state index contributed by atoms with van der Waals surface area (Å²) in [7, 11) is 0. The van der Waals surface area contributed by atoms with Crippen molar-refractivity contribution in [2.75, 3.05) is 0 Å². The molecule has 0 saturated heterocycles. The van der Waals surface area contributed by atoms with Crippen LogP contribution in [0.2, 0.25) is 0 Å². The topological polar surface area (TPSA) is 56.4 Å². The van der Waals surface area contributed by atoms with Crippen molar-refractivity contribution >= 4 is 6.21 Å². The summed E-state index contributed by atoms with van der Waals surface area (Å²) in [5, 5.41) is 20.9. The molecule has 0 aliphatic heterocycles. The van der Waals surface area contributed by atoms with Crippen molar-refractivity contribution in [3.8, 4) is 6.07 Å². The Morgan fingerprint density at radius 3 is 1.94 bits per heavy atom. The Hall–Kier alpha value is -1.82. The van der Waals surface area contributed by atoms with Crippen molar-refractivity contribution < 1.29 is 5.21 Å². The van der Waals surface area contributed by atoms with E-state index in [0.717, 1.165) is 22.3 Å². The molecule has 0 aliphatic carbocycles. The lowest BCUT2D eigenvalue weighted by molar-refractivity contribution is 0.322. The van der Waals surface area contributed by atoms with Crippen molar-refractivity contribution in [2.45, 2.75) is 39.5 Å². The minimum atomic E-state index is 0.272. The summed E-state index contributed by atoms with van der Waals surface area (Å²) in [6, 6.07) is 6.11. The highest BCUT2D eigenvalue weighted by molar-refractivity contribution is 5.80. The van der Waals surface area contributed by atoms with Gasteiger partial charge in [-0.3, -0.25) is 0 Å². The molecule has 0 amide bonds. The van der Waals surface area contributed by atoms with E-state index in [9.17, 15) is 5.26 Å². The number of nitriles is 1. The average molecular weight is 230 g/mol. The third kappa shape index (κ3) is 2.85. The van der Waals surface area contributed by atoms with Crippen LogP contribution in [-0.2, 0) is 0 Å². The van der Waals surface area contributed by atoms with Gasteiger partial charge in [0.15, 0.2) is 0 Å². The van der Waals surface area contributed by atoms with Crippen molar-refractivity contribution in [3.05, 3.63) is 34.4 Å². The number of hydrogen-bond acceptors (Lipinski definition) is 3. The molecule has 0 heterocycles. The van der Waals surface area contributed by atoms with E-state index in [0.29, 0.717) is 0 Å². The van der Waals surface area contributed by atoms with Crippen LogP contribution in [0.3, 0.4) is 0 Å². The molecule has 90 valence electrons. The first-order chi connectivity index (χ1) is 8.01. The van der Waals surface area contributed by atoms with Crippen LogP contribution in [0.25, 0.3) is 0 Å². The van der Waals surface area contributed by atoms with Crippen LogP contribution in [0.1, 0.15) is 61.8 Å². The zero-order valence-electron chi connectivity index (χ0n) is 10.7. The molecule has 3 nitrogen and oxygen atoms in total. The normalized spacial score (nSPS) is 11.4. The second-order valence-corrected chi connectivity index (χ2v) is 4.74. The Balaban J connectivity index is 3.52. The van der Waals surface area contributed by atoms with Gasteiger partial charge in [-0.15, -0.1) is 0 Å². The van der Waals surface area contributed by atoms with Gasteiger partial charge in [0.25, 0.3) is 0 Å². The fourth-order valence-corrected chi connectivity index (χ4v) is 1.89. The van der Waals surface area contributed by atoms with Crippen molar-refractivity contribution in [1.29, 1.82) is 5.26 Å². The maximum Gasteiger partial charge on any atom is 0.0997 e. The molecule has 0 fully saturated rings. The maximum absolute atomic E-state index is 9.28. The Morgan fingerprint density at radius 2 is 1.65 bits per heavy atom. The summed E-state index contributed by atoms with van der Waals surface area (Å²) >= 11 is 0. The van der Waals surface area contributed by atoms with E-state index < -0.39 is 0 Å². The van der Waals surface area contributed by atoms with Crippen LogP contribution in [-0.4, -0.2) is 11.4 Å². The lowest BCUT2D eigenvalue weighted by atomic mass is 9.87. The highest BCUT2D eigenvalue weighted by Crippen LogP contribution is 2.28. The molecule has 1 rings (SSSR count). The summed E-state index contributed by atoms with van der Waals surface area (Å²) in [6.07, 6.45) is 1.40. The Bertz CT molecular complexity index is 439. The van der Waals surface area contributed by atoms with Crippen LogP contribution >= 0.6 is 0 Å². The molecule has 1 aromatic carbocycles. The highest BCUT2D eigenvalue weighted by atomic mass is 16.4. The third-order valence-electron chi connectivity index (χ3n) is 2.78. The number of nitrogens with zero attached hydrogens (tertiary/aromatic N) is 2. The first-order valence-corrected chi connectivity index (χ1v) is 5.76. The molecule has 0 spiro atoms. The zero-order valence-corrected chi connectivity index (χ0v) is 10.7. The molecule has 1 aromatic rings. The molecule has 0 aromatic heterocycles. The first-order valence-electron chi connectivity index (χ1n) is 5.76. The summed E-state index contributed by atoms with van der Waals surface area (Å²) in [5.74, 6) is 0.545. The van der Waals surface area contributed by atoms with E-state index in [2.05, 4.69) is 38.9 Å². The summed E-state index contributed by atoms with van der Waals surface area (Å²) in [5.41, 5.74) is 3.60. The van der Waals surface area contributed by atoms with Crippen LogP contribution in [0.4, 0.5) is 0 Å². The predicted molar refractivity (Wildman–Crippen MR) is 68.7 cm³/mol. The van der Waals surface area contributed by atoms with Crippen LogP contribution in [0.15, 0.2) is 17.3 Å². The fourth-order valence-electron chi connectivity index (χ4n) is 1.89. The van der Waals surface area contributed by atoms with Crippen LogP contribution in [0, 0.1) is 11.3 Å². The van der Waals surface area contributed by atoms with E-state index in [4.69, 9.17) is 5.21 Å². The van der Waals surface area contributed by atoms with Crippen LogP contribution < -0.4 is 0 Å². The largest absolute Gasteiger partial charge is 0.411 e. The molecule has 1 N–H and O–H groups in total. The molecule has 3 heteroatoms. The monoisotopic (exact) mass is 230 g/mol. The first kappa shape index (κ1) is 13.2. The quantitative estimate of drug-likeness (QED) is 0.490. The van der Waals surface area contributed by atoms with Gasteiger partial charge in [-0.25, -0.2) is 0 Å². The van der Waals surface area contributed by atoms with E-state index in [1.54, 1.807) is 0 Å². The van der Waals surface area contributed by atoms with Gasteiger partial charge in [0, 0.05) is 0 Å². The SMILES string of the molecule is CC(C)c1cc(/C=N/O)cc(C(C)C)c1C#N. The second-order valence-electron chi connectivity index (χ2n) is 4.74. The molecule has 17 heavy (non-hydrogen) atoms. The molecule has 0 aliphatic rings. The summed E-state index contributed by atoms with van der Waals surface area (Å²) < 4.78 is 0. The molecular weight excluding hydrogens is 212 g/mol. The van der Waals surface area contributed by atoms with Gasteiger partial charge in [0.1, 0.15) is 0 Å². The number of rotatable bonds is 3. The average Bonchev–Trinajstić information content (AvgIpc) is 2.28. The molecular formula is C14H18N2O.